The molecule has 0 atom stereocenters. The van der Waals surface area contributed by atoms with Gasteiger partial charge in [0.1, 0.15) is 0 Å². The molecule has 1 aliphatic heterocycles. The van der Waals surface area contributed by atoms with Crippen molar-refractivity contribution in [1.82, 2.24) is 15.2 Å². The Kier molecular flexibility index (Phi) is 5.63. The molecule has 5 heteroatoms. The van der Waals surface area contributed by atoms with Crippen molar-refractivity contribution in [3.63, 3.8) is 0 Å². The normalized spacial score (nSPS) is 14.7. The lowest BCUT2D eigenvalue weighted by Gasteiger charge is -2.32. The summed E-state index contributed by atoms with van der Waals surface area (Å²) in [6, 6.07) is 22.4. The fourth-order valence-electron chi connectivity index (χ4n) is 4.84. The molecular weight excluding hydrogens is 398 g/mol. The highest BCUT2D eigenvalue weighted by Crippen LogP contribution is 2.33. The molecule has 2 N–H and O–H groups in total. The van der Waals surface area contributed by atoms with E-state index in [1.54, 1.807) is 0 Å². The van der Waals surface area contributed by atoms with E-state index in [2.05, 4.69) is 34.7 Å². The highest BCUT2D eigenvalue weighted by Gasteiger charge is 2.25. The van der Waals surface area contributed by atoms with E-state index >= 15 is 0 Å². The van der Waals surface area contributed by atoms with Crippen LogP contribution < -0.4 is 5.32 Å². The summed E-state index contributed by atoms with van der Waals surface area (Å²) in [6.45, 7) is 1.51. The molecule has 1 fully saturated rings. The van der Waals surface area contributed by atoms with Crippen molar-refractivity contribution in [2.45, 2.75) is 25.2 Å². The molecule has 2 heterocycles. The quantitative estimate of drug-likeness (QED) is 0.498. The molecule has 2 amide bonds. The second-order valence-electron chi connectivity index (χ2n) is 8.54. The first kappa shape index (κ1) is 20.3. The third-order valence-corrected chi connectivity index (χ3v) is 6.58. The largest absolute Gasteiger partial charge is 0.361 e. The number of amides is 2. The van der Waals surface area contributed by atoms with Gasteiger partial charge >= 0.3 is 0 Å². The van der Waals surface area contributed by atoms with Crippen LogP contribution >= 0.6 is 0 Å². The molecule has 1 aromatic heterocycles. The van der Waals surface area contributed by atoms with Gasteiger partial charge in [0, 0.05) is 30.2 Å². The number of hydrogen-bond donors (Lipinski definition) is 2. The predicted octanol–water partition coefficient (Wildman–Crippen LogP) is 4.39. The zero-order valence-corrected chi connectivity index (χ0v) is 18.0. The number of benzene rings is 3. The first-order chi connectivity index (χ1) is 15.7. The number of aromatic amines is 1. The minimum absolute atomic E-state index is 0.00588. The summed E-state index contributed by atoms with van der Waals surface area (Å²) in [5.41, 5.74) is 3.48. The van der Waals surface area contributed by atoms with E-state index in [0.717, 1.165) is 47.8 Å². The van der Waals surface area contributed by atoms with E-state index in [1.807, 2.05) is 53.4 Å². The molecule has 0 bridgehead atoms. The van der Waals surface area contributed by atoms with Crippen LogP contribution in [0.15, 0.2) is 72.9 Å². The van der Waals surface area contributed by atoms with E-state index in [4.69, 9.17) is 0 Å². The maximum atomic E-state index is 12.7. The summed E-state index contributed by atoms with van der Waals surface area (Å²) >= 11 is 0. The number of likely N-dealkylation sites (tertiary alicyclic amines) is 1. The highest BCUT2D eigenvalue weighted by atomic mass is 16.2. The van der Waals surface area contributed by atoms with Gasteiger partial charge in [0.2, 0.25) is 11.8 Å². The number of H-pyrrole nitrogens is 1. The number of nitrogens with zero attached hydrogens (tertiary/aromatic N) is 1. The van der Waals surface area contributed by atoms with Gasteiger partial charge in [-0.15, -0.1) is 0 Å². The highest BCUT2D eigenvalue weighted by molar-refractivity contribution is 5.91. The summed E-state index contributed by atoms with van der Waals surface area (Å²) in [5, 5.41) is 6.29. The summed E-state index contributed by atoms with van der Waals surface area (Å²) in [6.07, 6.45) is 4.27. The molecule has 0 spiro atoms. The lowest BCUT2D eigenvalue weighted by molar-refractivity contribution is -0.133. The van der Waals surface area contributed by atoms with Crippen molar-refractivity contribution in [2.75, 3.05) is 19.6 Å². The van der Waals surface area contributed by atoms with E-state index < -0.39 is 0 Å². The monoisotopic (exact) mass is 425 g/mol. The van der Waals surface area contributed by atoms with Gasteiger partial charge in [-0.25, -0.2) is 0 Å². The van der Waals surface area contributed by atoms with Gasteiger partial charge in [-0.05, 0) is 46.7 Å². The van der Waals surface area contributed by atoms with Crippen molar-refractivity contribution < 1.29 is 9.59 Å². The second-order valence-corrected chi connectivity index (χ2v) is 8.54. The van der Waals surface area contributed by atoms with Gasteiger partial charge < -0.3 is 15.2 Å². The Morgan fingerprint density at radius 2 is 1.62 bits per heavy atom. The lowest BCUT2D eigenvalue weighted by atomic mass is 9.89. The van der Waals surface area contributed by atoms with E-state index in [0.29, 0.717) is 5.92 Å². The molecular formula is C27H27N3O2. The molecule has 4 aromatic rings. The average molecular weight is 426 g/mol. The SMILES string of the molecule is O=C(Cc1cccc2ccccc12)NCC(=O)N1CCC(c2c[nH]c3ccccc23)CC1. The zero-order chi connectivity index (χ0) is 21.9. The van der Waals surface area contributed by atoms with Gasteiger partial charge in [-0.1, -0.05) is 60.7 Å². The molecule has 0 aliphatic carbocycles. The van der Waals surface area contributed by atoms with Crippen LogP contribution in [-0.2, 0) is 16.0 Å². The molecule has 162 valence electrons. The lowest BCUT2D eigenvalue weighted by Crippen LogP contribution is -2.44. The van der Waals surface area contributed by atoms with Gasteiger partial charge in [-0.2, -0.15) is 0 Å². The Morgan fingerprint density at radius 1 is 0.906 bits per heavy atom. The number of aromatic nitrogens is 1. The van der Waals surface area contributed by atoms with E-state index in [9.17, 15) is 9.59 Å². The number of rotatable bonds is 5. The van der Waals surface area contributed by atoms with Crippen molar-refractivity contribution >= 4 is 33.5 Å². The molecule has 32 heavy (non-hydrogen) atoms. The van der Waals surface area contributed by atoms with Crippen LogP contribution in [0.5, 0.6) is 0 Å². The summed E-state index contributed by atoms with van der Waals surface area (Å²) in [5.74, 6) is 0.327. The van der Waals surface area contributed by atoms with Gasteiger partial charge in [0.15, 0.2) is 0 Å². The molecule has 0 unspecified atom stereocenters. The van der Waals surface area contributed by atoms with Crippen LogP contribution in [0.25, 0.3) is 21.7 Å². The number of para-hydroxylation sites is 1. The predicted molar refractivity (Wildman–Crippen MR) is 128 cm³/mol. The fourth-order valence-corrected chi connectivity index (χ4v) is 4.84. The Labute approximate surface area is 187 Å². The average Bonchev–Trinajstić information content (AvgIpc) is 3.27. The van der Waals surface area contributed by atoms with E-state index in [-0.39, 0.29) is 24.8 Å². The number of carbonyl (C=O) groups is 2. The minimum Gasteiger partial charge on any atom is -0.361 e. The minimum atomic E-state index is -0.122. The number of fused-ring (bicyclic) bond motifs is 2. The Bertz CT molecular complexity index is 1260. The van der Waals surface area contributed by atoms with Crippen LogP contribution in [0.1, 0.15) is 29.9 Å². The first-order valence-electron chi connectivity index (χ1n) is 11.3. The van der Waals surface area contributed by atoms with Crippen molar-refractivity contribution in [3.8, 4) is 0 Å². The molecule has 1 aliphatic rings. The number of carbonyl (C=O) groups excluding carboxylic acids is 2. The third-order valence-electron chi connectivity index (χ3n) is 6.58. The number of hydrogen-bond acceptors (Lipinski definition) is 2. The Balaban J connectivity index is 1.14. The number of nitrogens with one attached hydrogen (secondary N) is 2. The third kappa shape index (κ3) is 4.11. The summed E-state index contributed by atoms with van der Waals surface area (Å²) < 4.78 is 0. The summed E-state index contributed by atoms with van der Waals surface area (Å²) in [4.78, 5) is 30.4. The molecule has 0 radical (unpaired) electrons. The summed E-state index contributed by atoms with van der Waals surface area (Å²) in [7, 11) is 0. The van der Waals surface area contributed by atoms with Gasteiger partial charge in [0.05, 0.1) is 13.0 Å². The fraction of sp³-hybridized carbons (Fsp3) is 0.259. The van der Waals surface area contributed by atoms with Crippen LogP contribution in [0.3, 0.4) is 0 Å². The smallest absolute Gasteiger partial charge is 0.241 e. The topological polar surface area (TPSA) is 65.2 Å². The van der Waals surface area contributed by atoms with Crippen LogP contribution in [-0.4, -0.2) is 41.3 Å². The Morgan fingerprint density at radius 3 is 2.47 bits per heavy atom. The van der Waals surface area contributed by atoms with E-state index in [1.165, 1.54) is 10.9 Å². The molecule has 1 saturated heterocycles. The maximum absolute atomic E-state index is 12.7. The van der Waals surface area contributed by atoms with Gasteiger partial charge in [-0.3, -0.25) is 9.59 Å². The van der Waals surface area contributed by atoms with Crippen LogP contribution in [0.4, 0.5) is 0 Å². The van der Waals surface area contributed by atoms with Crippen LogP contribution in [0.2, 0.25) is 0 Å². The Hall–Kier alpha value is -3.60. The number of piperidine rings is 1. The first-order valence-corrected chi connectivity index (χ1v) is 11.3. The van der Waals surface area contributed by atoms with Crippen molar-refractivity contribution in [1.29, 1.82) is 0 Å². The van der Waals surface area contributed by atoms with Crippen molar-refractivity contribution in [3.05, 3.63) is 84.1 Å². The second kappa shape index (κ2) is 8.87. The molecule has 3 aromatic carbocycles. The standard InChI is InChI=1S/C27H27N3O2/c31-26(16-21-8-5-7-19-6-1-2-9-22(19)21)29-18-27(32)30-14-12-20(13-15-30)24-17-28-25-11-4-3-10-23(24)25/h1-11,17,20,28H,12-16,18H2,(H,29,31). The van der Waals surface area contributed by atoms with Crippen molar-refractivity contribution in [2.24, 2.45) is 0 Å². The zero-order valence-electron chi connectivity index (χ0n) is 18.0. The molecule has 0 saturated carbocycles. The van der Waals surface area contributed by atoms with Gasteiger partial charge in [0.25, 0.3) is 0 Å². The molecule has 5 rings (SSSR count). The molecule has 5 nitrogen and oxygen atoms in total. The maximum Gasteiger partial charge on any atom is 0.241 e. The van der Waals surface area contributed by atoms with Crippen LogP contribution in [0, 0.1) is 0 Å².